The fourth-order valence-corrected chi connectivity index (χ4v) is 1.33. The Kier molecular flexibility index (Phi) is 3.34. The number of hydrogen-bond donors (Lipinski definition) is 0. The van der Waals surface area contributed by atoms with E-state index in [-0.39, 0.29) is 0 Å². The fourth-order valence-electron chi connectivity index (χ4n) is 1.33. The first-order valence-electron chi connectivity index (χ1n) is 4.87. The van der Waals surface area contributed by atoms with Gasteiger partial charge in [-0.2, -0.15) is 5.10 Å². The number of aryl methyl sites for hydroxylation is 2. The number of benzene rings is 1. The summed E-state index contributed by atoms with van der Waals surface area (Å²) in [6, 6.07) is 6.08. The van der Waals surface area contributed by atoms with Crippen LogP contribution in [0.4, 0.5) is 0 Å². The van der Waals surface area contributed by atoms with Gasteiger partial charge in [0.05, 0.1) is 5.52 Å². The van der Waals surface area contributed by atoms with Crippen molar-refractivity contribution in [3.63, 3.8) is 0 Å². The second-order valence-electron chi connectivity index (χ2n) is 3.03. The minimum absolute atomic E-state index is 0.727. The Morgan fingerprint density at radius 2 is 1.93 bits per heavy atom. The zero-order chi connectivity index (χ0) is 10.7. The molecule has 0 aliphatic rings. The Bertz CT molecular complexity index is 432. The predicted molar refractivity (Wildman–Crippen MR) is 62.2 cm³/mol. The average molecular weight is 186 g/mol. The monoisotopic (exact) mass is 186 g/mol. The highest BCUT2D eigenvalue weighted by Crippen LogP contribution is 2.10. The van der Waals surface area contributed by atoms with Gasteiger partial charge in [-0.15, -0.1) is 0 Å². The number of rotatable bonds is 0. The first kappa shape index (κ1) is 10.8. The molecule has 0 unspecified atom stereocenters. The molecular formula is C11H15BN2. The summed E-state index contributed by atoms with van der Waals surface area (Å²) in [6.45, 7) is 6.05. The third kappa shape index (κ3) is 1.81. The Hall–Kier alpha value is -1.25. The van der Waals surface area contributed by atoms with Crippen molar-refractivity contribution in [2.75, 3.05) is 0 Å². The number of aromatic nitrogens is 2. The molecule has 0 saturated carbocycles. The largest absolute Gasteiger partial charge is 0.282 e. The molecule has 0 bridgehead atoms. The second-order valence-corrected chi connectivity index (χ2v) is 3.03. The molecule has 0 N–H and O–H groups in total. The minimum atomic E-state index is 0.727. The van der Waals surface area contributed by atoms with E-state index in [9.17, 15) is 0 Å². The predicted octanol–water partition coefficient (Wildman–Crippen LogP) is 1.70. The summed E-state index contributed by atoms with van der Waals surface area (Å²) < 4.78 is 1.70. The molecule has 1 aromatic carbocycles. The lowest BCUT2D eigenvalue weighted by Gasteiger charge is -1.92. The summed E-state index contributed by atoms with van der Waals surface area (Å²) in [5.74, 6) is 0. The van der Waals surface area contributed by atoms with Gasteiger partial charge in [-0.05, 0) is 24.1 Å². The molecule has 0 atom stereocenters. The van der Waals surface area contributed by atoms with E-state index < -0.39 is 0 Å². The van der Waals surface area contributed by atoms with Gasteiger partial charge in [0.2, 0.25) is 0 Å². The molecule has 2 rings (SSSR count). The molecule has 0 fully saturated rings. The van der Waals surface area contributed by atoms with Crippen LogP contribution in [0.25, 0.3) is 10.9 Å². The van der Waals surface area contributed by atoms with Crippen molar-refractivity contribution >= 4 is 24.3 Å². The van der Waals surface area contributed by atoms with E-state index in [2.05, 4.69) is 5.10 Å². The third-order valence-electron chi connectivity index (χ3n) is 2.04. The van der Waals surface area contributed by atoms with Crippen LogP contribution in [0.15, 0.2) is 18.2 Å². The van der Waals surface area contributed by atoms with Gasteiger partial charge in [-0.1, -0.05) is 26.0 Å². The zero-order valence-corrected chi connectivity index (χ0v) is 9.20. The third-order valence-corrected chi connectivity index (χ3v) is 2.04. The summed E-state index contributed by atoms with van der Waals surface area (Å²) in [5, 5.41) is 5.30. The first-order chi connectivity index (χ1) is 6.68. The number of fused-ring (bicyclic) bond motifs is 1. The van der Waals surface area contributed by atoms with Gasteiger partial charge < -0.3 is 0 Å². The van der Waals surface area contributed by atoms with Crippen molar-refractivity contribution in [2.45, 2.75) is 20.8 Å². The maximum atomic E-state index is 5.79. The molecule has 72 valence electrons. The molecule has 0 aliphatic carbocycles. The van der Waals surface area contributed by atoms with Gasteiger partial charge in [0.15, 0.2) is 0 Å². The molecule has 2 aromatic rings. The van der Waals surface area contributed by atoms with Crippen molar-refractivity contribution in [1.29, 1.82) is 0 Å². The number of hydrogen-bond acceptors (Lipinski definition) is 1. The maximum absolute atomic E-state index is 5.79. The van der Waals surface area contributed by atoms with Gasteiger partial charge in [0.1, 0.15) is 7.85 Å². The fraction of sp³-hybridized carbons (Fsp3) is 0.364. The van der Waals surface area contributed by atoms with Crippen LogP contribution in [-0.4, -0.2) is 17.6 Å². The standard InChI is InChI=1S/C9H9BN2.C2H6/c1-6-3-4-7-8(5-6)11-12(2)9(7)10;1-2/h3-5H,1-2H3;1-2H3. The van der Waals surface area contributed by atoms with E-state index in [1.165, 1.54) is 5.56 Å². The van der Waals surface area contributed by atoms with Crippen molar-refractivity contribution in [3.8, 4) is 0 Å². The Balaban J connectivity index is 0.000000461. The Labute approximate surface area is 86.3 Å². The summed E-state index contributed by atoms with van der Waals surface area (Å²) in [6.07, 6.45) is 0. The molecule has 1 heterocycles. The van der Waals surface area contributed by atoms with Crippen LogP contribution in [0.2, 0.25) is 0 Å². The van der Waals surface area contributed by atoms with Crippen molar-refractivity contribution in [2.24, 2.45) is 7.05 Å². The molecular weight excluding hydrogens is 171 g/mol. The van der Waals surface area contributed by atoms with E-state index in [1.54, 1.807) is 4.68 Å². The van der Waals surface area contributed by atoms with Crippen LogP contribution in [0.3, 0.4) is 0 Å². The zero-order valence-electron chi connectivity index (χ0n) is 9.20. The lowest BCUT2D eigenvalue weighted by molar-refractivity contribution is 0.802. The highest BCUT2D eigenvalue weighted by molar-refractivity contribution is 6.37. The van der Waals surface area contributed by atoms with E-state index >= 15 is 0 Å². The summed E-state index contributed by atoms with van der Waals surface area (Å²) in [7, 11) is 7.64. The SMILES string of the molecule is CC.[B]c1c2ccc(C)cc2nn1C. The molecule has 2 nitrogen and oxygen atoms in total. The number of nitrogens with zero attached hydrogens (tertiary/aromatic N) is 2. The Morgan fingerprint density at radius 3 is 2.57 bits per heavy atom. The highest BCUT2D eigenvalue weighted by Gasteiger charge is 2.02. The van der Waals surface area contributed by atoms with Gasteiger partial charge >= 0.3 is 0 Å². The van der Waals surface area contributed by atoms with Gasteiger partial charge in [-0.25, -0.2) is 0 Å². The van der Waals surface area contributed by atoms with Crippen LogP contribution < -0.4 is 5.59 Å². The lowest BCUT2D eigenvalue weighted by atomic mass is 9.99. The quantitative estimate of drug-likeness (QED) is 0.572. The van der Waals surface area contributed by atoms with Crippen molar-refractivity contribution in [1.82, 2.24) is 9.78 Å². The van der Waals surface area contributed by atoms with Gasteiger partial charge in [-0.3, -0.25) is 4.68 Å². The summed E-state index contributed by atoms with van der Waals surface area (Å²) in [5.41, 5.74) is 2.90. The topological polar surface area (TPSA) is 17.8 Å². The minimum Gasteiger partial charge on any atom is -0.282 e. The molecule has 0 aliphatic heterocycles. The summed E-state index contributed by atoms with van der Waals surface area (Å²) >= 11 is 0. The molecule has 3 heteroatoms. The molecule has 1 aromatic heterocycles. The van der Waals surface area contributed by atoms with Crippen LogP contribution in [0.5, 0.6) is 0 Å². The average Bonchev–Trinajstić information content (AvgIpc) is 2.45. The smallest absolute Gasteiger partial charge is 0.142 e. The second kappa shape index (κ2) is 4.31. The van der Waals surface area contributed by atoms with Crippen molar-refractivity contribution in [3.05, 3.63) is 23.8 Å². The maximum Gasteiger partial charge on any atom is 0.142 e. The normalized spacial score (nSPS) is 9.71. The first-order valence-corrected chi connectivity index (χ1v) is 4.87. The van der Waals surface area contributed by atoms with E-state index in [0.29, 0.717) is 0 Å². The molecule has 2 radical (unpaired) electrons. The molecule has 0 amide bonds. The van der Waals surface area contributed by atoms with Crippen LogP contribution in [0, 0.1) is 6.92 Å². The van der Waals surface area contributed by atoms with E-state index in [0.717, 1.165) is 16.5 Å². The van der Waals surface area contributed by atoms with Crippen molar-refractivity contribution < 1.29 is 0 Å². The molecule has 0 saturated heterocycles. The lowest BCUT2D eigenvalue weighted by Crippen LogP contribution is -2.14. The molecule has 0 spiro atoms. The van der Waals surface area contributed by atoms with Crippen LogP contribution >= 0.6 is 0 Å². The Morgan fingerprint density at radius 1 is 1.29 bits per heavy atom. The highest BCUT2D eigenvalue weighted by atomic mass is 15.3. The summed E-state index contributed by atoms with van der Waals surface area (Å²) in [4.78, 5) is 0. The van der Waals surface area contributed by atoms with E-state index in [1.807, 2.05) is 46.0 Å². The van der Waals surface area contributed by atoms with E-state index in [4.69, 9.17) is 7.85 Å². The molecule has 14 heavy (non-hydrogen) atoms. The van der Waals surface area contributed by atoms with Gasteiger partial charge in [0.25, 0.3) is 0 Å². The van der Waals surface area contributed by atoms with Crippen LogP contribution in [-0.2, 0) is 7.05 Å². The van der Waals surface area contributed by atoms with Gasteiger partial charge in [0, 0.05) is 12.4 Å². The van der Waals surface area contributed by atoms with Crippen LogP contribution in [0.1, 0.15) is 19.4 Å².